The van der Waals surface area contributed by atoms with Gasteiger partial charge in [0.25, 0.3) is 0 Å². The summed E-state index contributed by atoms with van der Waals surface area (Å²) in [5, 5.41) is 4.38. The van der Waals surface area contributed by atoms with E-state index in [0.29, 0.717) is 6.04 Å². The second-order valence-electron chi connectivity index (χ2n) is 2.88. The first kappa shape index (κ1) is 6.09. The Morgan fingerprint density at radius 2 is 2.12 bits per heavy atom. The topological polar surface area (TPSA) is 14.1 Å². The van der Waals surface area contributed by atoms with Gasteiger partial charge in [-0.25, -0.2) is 5.32 Å². The molecule has 0 aromatic rings. The smallest absolute Gasteiger partial charge is 0.0220 e. The Morgan fingerprint density at radius 1 is 1.38 bits per heavy atom. The van der Waals surface area contributed by atoms with Crippen LogP contribution in [0.3, 0.4) is 0 Å². The highest BCUT2D eigenvalue weighted by molar-refractivity contribution is 4.70. The molecule has 1 aliphatic rings. The molecule has 1 aliphatic heterocycles. The van der Waals surface area contributed by atoms with Crippen LogP contribution in [-0.2, 0) is 0 Å². The highest BCUT2D eigenvalue weighted by Gasteiger charge is 2.13. The molecule has 2 atom stereocenters. The van der Waals surface area contributed by atoms with Crippen LogP contribution in [0, 0.1) is 5.92 Å². The first-order valence-corrected chi connectivity index (χ1v) is 3.45. The van der Waals surface area contributed by atoms with Gasteiger partial charge >= 0.3 is 0 Å². The fraction of sp³-hybridized carbons (Fsp3) is 1.00. The Balaban J connectivity index is 2.23. The summed E-state index contributed by atoms with van der Waals surface area (Å²) in [7, 11) is 0. The van der Waals surface area contributed by atoms with Crippen molar-refractivity contribution >= 4 is 0 Å². The SMILES string of the molecule is CC1CC[N]C(C)C1. The van der Waals surface area contributed by atoms with Crippen molar-refractivity contribution in [2.24, 2.45) is 5.92 Å². The Hall–Kier alpha value is -0.0400. The fourth-order valence-electron chi connectivity index (χ4n) is 1.29. The molecule has 1 heteroatoms. The normalized spacial score (nSPS) is 39.8. The molecule has 2 unspecified atom stereocenters. The Bertz CT molecular complexity index is 62.8. The standard InChI is InChI=1S/C7H14N/c1-6-3-4-8-7(2)5-6/h6-7H,3-5H2,1-2H3. The van der Waals surface area contributed by atoms with E-state index in [-0.39, 0.29) is 0 Å². The largest absolute Gasteiger partial charge is 0.239 e. The number of nitrogens with zero attached hydrogens (tertiary/aromatic N) is 1. The minimum absolute atomic E-state index is 0.638. The van der Waals surface area contributed by atoms with Crippen molar-refractivity contribution in [3.05, 3.63) is 0 Å². The van der Waals surface area contributed by atoms with Gasteiger partial charge in [0.05, 0.1) is 0 Å². The van der Waals surface area contributed by atoms with Crippen molar-refractivity contribution in [1.29, 1.82) is 0 Å². The zero-order chi connectivity index (χ0) is 5.98. The third kappa shape index (κ3) is 1.48. The number of piperidine rings is 1. The molecule has 0 N–H and O–H groups in total. The minimum atomic E-state index is 0.638. The van der Waals surface area contributed by atoms with Gasteiger partial charge < -0.3 is 0 Å². The summed E-state index contributed by atoms with van der Waals surface area (Å²) in [6, 6.07) is 0.638. The van der Waals surface area contributed by atoms with Gasteiger partial charge in [0, 0.05) is 12.6 Å². The van der Waals surface area contributed by atoms with Crippen LogP contribution < -0.4 is 5.32 Å². The van der Waals surface area contributed by atoms with Crippen molar-refractivity contribution in [3.63, 3.8) is 0 Å². The van der Waals surface area contributed by atoms with Crippen molar-refractivity contribution < 1.29 is 0 Å². The van der Waals surface area contributed by atoms with Gasteiger partial charge in [-0.2, -0.15) is 0 Å². The maximum atomic E-state index is 4.38. The van der Waals surface area contributed by atoms with Crippen LogP contribution in [0.25, 0.3) is 0 Å². The summed E-state index contributed by atoms with van der Waals surface area (Å²) in [6.07, 6.45) is 2.62. The van der Waals surface area contributed by atoms with Crippen LogP contribution in [0.15, 0.2) is 0 Å². The quantitative estimate of drug-likeness (QED) is 0.450. The van der Waals surface area contributed by atoms with Gasteiger partial charge in [-0.05, 0) is 25.7 Å². The van der Waals surface area contributed by atoms with E-state index >= 15 is 0 Å². The van der Waals surface area contributed by atoms with Crippen LogP contribution >= 0.6 is 0 Å². The molecular weight excluding hydrogens is 98.1 g/mol. The van der Waals surface area contributed by atoms with Gasteiger partial charge in [-0.15, -0.1) is 0 Å². The molecular formula is C7H14N. The monoisotopic (exact) mass is 112 g/mol. The second-order valence-corrected chi connectivity index (χ2v) is 2.88. The second kappa shape index (κ2) is 2.49. The summed E-state index contributed by atoms with van der Waals surface area (Å²) >= 11 is 0. The van der Waals surface area contributed by atoms with E-state index in [1.165, 1.54) is 12.8 Å². The van der Waals surface area contributed by atoms with Crippen molar-refractivity contribution in [2.45, 2.75) is 32.7 Å². The molecule has 8 heavy (non-hydrogen) atoms. The first-order valence-electron chi connectivity index (χ1n) is 3.45. The van der Waals surface area contributed by atoms with Crippen LogP contribution in [0.5, 0.6) is 0 Å². The minimum Gasteiger partial charge on any atom is -0.239 e. The van der Waals surface area contributed by atoms with Crippen molar-refractivity contribution in [1.82, 2.24) is 5.32 Å². The third-order valence-corrected chi connectivity index (χ3v) is 1.81. The molecule has 1 rings (SSSR count). The molecule has 0 aliphatic carbocycles. The zero-order valence-corrected chi connectivity index (χ0v) is 5.72. The summed E-state index contributed by atoms with van der Waals surface area (Å²) in [4.78, 5) is 0. The fourth-order valence-corrected chi connectivity index (χ4v) is 1.29. The van der Waals surface area contributed by atoms with Crippen LogP contribution in [-0.4, -0.2) is 12.6 Å². The van der Waals surface area contributed by atoms with Crippen molar-refractivity contribution in [3.8, 4) is 0 Å². The highest BCUT2D eigenvalue weighted by Crippen LogP contribution is 2.14. The molecule has 1 radical (unpaired) electrons. The Morgan fingerprint density at radius 3 is 2.50 bits per heavy atom. The molecule has 1 saturated heterocycles. The number of hydrogen-bond donors (Lipinski definition) is 0. The van der Waals surface area contributed by atoms with Gasteiger partial charge in [0.2, 0.25) is 0 Å². The lowest BCUT2D eigenvalue weighted by Crippen LogP contribution is -2.28. The molecule has 1 nitrogen and oxygen atoms in total. The van der Waals surface area contributed by atoms with Gasteiger partial charge in [-0.3, -0.25) is 0 Å². The molecule has 0 saturated carbocycles. The summed E-state index contributed by atoms with van der Waals surface area (Å²) in [5.74, 6) is 0.919. The van der Waals surface area contributed by atoms with Gasteiger partial charge in [0.15, 0.2) is 0 Å². The third-order valence-electron chi connectivity index (χ3n) is 1.81. The highest BCUT2D eigenvalue weighted by atomic mass is 14.9. The van der Waals surface area contributed by atoms with E-state index in [1.54, 1.807) is 0 Å². The molecule has 47 valence electrons. The first-order chi connectivity index (χ1) is 3.79. The maximum Gasteiger partial charge on any atom is 0.0220 e. The predicted octanol–water partition coefficient (Wildman–Crippen LogP) is 1.41. The molecule has 0 bridgehead atoms. The Kier molecular flexibility index (Phi) is 1.90. The molecule has 1 heterocycles. The van der Waals surface area contributed by atoms with Gasteiger partial charge in [-0.1, -0.05) is 6.92 Å². The molecule has 0 aromatic heterocycles. The summed E-state index contributed by atoms with van der Waals surface area (Å²) in [5.41, 5.74) is 0. The molecule has 0 spiro atoms. The molecule has 1 fully saturated rings. The van der Waals surface area contributed by atoms with Gasteiger partial charge in [0.1, 0.15) is 0 Å². The summed E-state index contributed by atoms with van der Waals surface area (Å²) in [6.45, 7) is 5.61. The average molecular weight is 112 g/mol. The van der Waals surface area contributed by atoms with E-state index in [0.717, 1.165) is 12.5 Å². The number of hydrogen-bond acceptors (Lipinski definition) is 0. The lowest BCUT2D eigenvalue weighted by Gasteiger charge is -2.22. The average Bonchev–Trinajstić information content (AvgIpc) is 1.64. The van der Waals surface area contributed by atoms with Crippen molar-refractivity contribution in [2.75, 3.05) is 6.54 Å². The van der Waals surface area contributed by atoms with E-state index in [9.17, 15) is 0 Å². The predicted molar refractivity (Wildman–Crippen MR) is 34.9 cm³/mol. The molecule has 0 aromatic carbocycles. The lowest BCUT2D eigenvalue weighted by atomic mass is 9.96. The van der Waals surface area contributed by atoms with Crippen LogP contribution in [0.4, 0.5) is 0 Å². The van der Waals surface area contributed by atoms with Crippen LogP contribution in [0.1, 0.15) is 26.7 Å². The molecule has 0 amide bonds. The van der Waals surface area contributed by atoms with E-state index in [4.69, 9.17) is 0 Å². The Labute approximate surface area is 51.5 Å². The maximum absolute atomic E-state index is 4.38. The summed E-state index contributed by atoms with van der Waals surface area (Å²) < 4.78 is 0. The van der Waals surface area contributed by atoms with E-state index < -0.39 is 0 Å². The lowest BCUT2D eigenvalue weighted by molar-refractivity contribution is 0.329. The van der Waals surface area contributed by atoms with E-state index in [1.807, 2.05) is 0 Å². The van der Waals surface area contributed by atoms with E-state index in [2.05, 4.69) is 19.2 Å². The zero-order valence-electron chi connectivity index (χ0n) is 5.72. The van der Waals surface area contributed by atoms with Crippen LogP contribution in [0.2, 0.25) is 0 Å². The number of rotatable bonds is 0.